The van der Waals surface area contributed by atoms with E-state index in [-0.39, 0.29) is 0 Å². The summed E-state index contributed by atoms with van der Waals surface area (Å²) in [4.78, 5) is 7.37. The van der Waals surface area contributed by atoms with Gasteiger partial charge in [0.25, 0.3) is 0 Å². The molecule has 0 bridgehead atoms. The van der Waals surface area contributed by atoms with Crippen LogP contribution >= 0.6 is 12.2 Å². The summed E-state index contributed by atoms with van der Waals surface area (Å²) in [5.41, 5.74) is 1.91. The van der Waals surface area contributed by atoms with E-state index >= 15 is 0 Å². The summed E-state index contributed by atoms with van der Waals surface area (Å²) in [6.45, 7) is 2.48. The highest BCUT2D eigenvalue weighted by Crippen LogP contribution is 2.24. The van der Waals surface area contributed by atoms with Crippen LogP contribution in [0.25, 0.3) is 11.0 Å². The molecule has 0 fully saturated rings. The molecule has 0 aliphatic rings. The van der Waals surface area contributed by atoms with Gasteiger partial charge in [0.2, 0.25) is 5.89 Å². The number of methoxy groups -OCH3 is 1. The first-order valence-electron chi connectivity index (χ1n) is 6.24. The summed E-state index contributed by atoms with van der Waals surface area (Å²) in [6, 6.07) is 5.85. The van der Waals surface area contributed by atoms with Crippen molar-refractivity contribution < 1.29 is 9.26 Å². The lowest BCUT2D eigenvalue weighted by molar-refractivity contribution is 0.369. The topological polar surface area (TPSA) is 68.9 Å². The number of rotatable bonds is 4. The second-order valence-corrected chi connectivity index (χ2v) is 4.81. The minimum Gasteiger partial charge on any atom is -0.494 e. The van der Waals surface area contributed by atoms with Crippen LogP contribution in [0.5, 0.6) is 5.75 Å². The number of ether oxygens (including phenoxy) is 1. The minimum absolute atomic E-state index is 0.613. The van der Waals surface area contributed by atoms with Gasteiger partial charge < -0.3 is 18.8 Å². The average molecular weight is 290 g/mol. The molecule has 0 unspecified atom stereocenters. The van der Waals surface area contributed by atoms with E-state index in [0.29, 0.717) is 29.5 Å². The number of fused-ring (bicyclic) bond motifs is 1. The number of nitrogens with zero attached hydrogens (tertiary/aromatic N) is 3. The molecule has 0 amide bonds. The molecule has 0 aliphatic heterocycles. The van der Waals surface area contributed by atoms with Gasteiger partial charge in [-0.15, -0.1) is 0 Å². The van der Waals surface area contributed by atoms with E-state index in [1.165, 1.54) is 0 Å². The molecule has 0 aliphatic carbocycles. The lowest BCUT2D eigenvalue weighted by Crippen LogP contribution is -2.01. The Labute approximate surface area is 120 Å². The van der Waals surface area contributed by atoms with Gasteiger partial charge >= 0.3 is 0 Å². The number of aryl methyl sites for hydroxylation is 3. The number of imidazole rings is 1. The first-order chi connectivity index (χ1) is 9.69. The molecule has 3 rings (SSSR count). The molecule has 2 aromatic heterocycles. The van der Waals surface area contributed by atoms with Crippen molar-refractivity contribution in [2.45, 2.75) is 19.9 Å². The zero-order valence-electron chi connectivity index (χ0n) is 11.2. The van der Waals surface area contributed by atoms with Crippen molar-refractivity contribution in [2.75, 3.05) is 7.11 Å². The molecule has 6 nitrogen and oxygen atoms in total. The van der Waals surface area contributed by atoms with Crippen LogP contribution in [0.2, 0.25) is 0 Å². The van der Waals surface area contributed by atoms with E-state index in [2.05, 4.69) is 15.1 Å². The second-order valence-electron chi connectivity index (χ2n) is 4.42. The zero-order valence-corrected chi connectivity index (χ0v) is 12.0. The van der Waals surface area contributed by atoms with Gasteiger partial charge in [-0.3, -0.25) is 0 Å². The van der Waals surface area contributed by atoms with Crippen molar-refractivity contribution in [2.24, 2.45) is 0 Å². The van der Waals surface area contributed by atoms with Crippen LogP contribution in [0.15, 0.2) is 22.7 Å². The largest absolute Gasteiger partial charge is 0.494 e. The Morgan fingerprint density at radius 3 is 3.00 bits per heavy atom. The van der Waals surface area contributed by atoms with Crippen molar-refractivity contribution in [1.82, 2.24) is 19.7 Å². The number of aromatic amines is 1. The summed E-state index contributed by atoms with van der Waals surface area (Å²) in [5.74, 6) is 2.03. The molecule has 0 saturated heterocycles. The predicted molar refractivity (Wildman–Crippen MR) is 76.4 cm³/mol. The highest BCUT2D eigenvalue weighted by molar-refractivity contribution is 7.71. The Bertz CT molecular complexity index is 802. The number of aromatic nitrogens is 4. The maximum absolute atomic E-state index is 5.37. The Morgan fingerprint density at radius 1 is 1.45 bits per heavy atom. The SMILES string of the molecule is COc1cccc2c1[nH]c(=S)n2CCc1nc(C)no1. The standard InChI is InChI=1S/C13H14N4O2S/c1-8-14-11(19-16-8)6-7-17-9-4-3-5-10(18-2)12(9)15-13(17)20/h3-5H,6-7H2,1-2H3,(H,15,20). The molecular weight excluding hydrogens is 276 g/mol. The predicted octanol–water partition coefficient (Wildman–Crippen LogP) is 2.64. The fourth-order valence-corrected chi connectivity index (χ4v) is 2.49. The molecule has 0 radical (unpaired) electrons. The van der Waals surface area contributed by atoms with Crippen molar-refractivity contribution in [1.29, 1.82) is 0 Å². The maximum atomic E-state index is 5.37. The number of para-hydroxylation sites is 1. The third-order valence-electron chi connectivity index (χ3n) is 3.11. The van der Waals surface area contributed by atoms with Crippen LogP contribution in [0.1, 0.15) is 11.7 Å². The molecule has 0 spiro atoms. The summed E-state index contributed by atoms with van der Waals surface area (Å²) < 4.78 is 13.1. The molecule has 104 valence electrons. The quantitative estimate of drug-likeness (QED) is 0.748. The molecule has 20 heavy (non-hydrogen) atoms. The van der Waals surface area contributed by atoms with Gasteiger partial charge in [-0.2, -0.15) is 4.98 Å². The van der Waals surface area contributed by atoms with Crippen molar-refractivity contribution in [3.63, 3.8) is 0 Å². The lowest BCUT2D eigenvalue weighted by Gasteiger charge is -2.03. The highest BCUT2D eigenvalue weighted by atomic mass is 32.1. The van der Waals surface area contributed by atoms with E-state index in [1.807, 2.05) is 22.8 Å². The van der Waals surface area contributed by atoms with E-state index in [1.54, 1.807) is 14.0 Å². The summed E-state index contributed by atoms with van der Waals surface area (Å²) >= 11 is 5.37. The smallest absolute Gasteiger partial charge is 0.228 e. The number of hydrogen-bond donors (Lipinski definition) is 1. The molecule has 3 aromatic rings. The van der Waals surface area contributed by atoms with E-state index in [0.717, 1.165) is 16.8 Å². The Morgan fingerprint density at radius 2 is 2.30 bits per heavy atom. The van der Waals surface area contributed by atoms with Crippen LogP contribution in [-0.2, 0) is 13.0 Å². The van der Waals surface area contributed by atoms with Gasteiger partial charge in [-0.1, -0.05) is 11.2 Å². The fraction of sp³-hybridized carbons (Fsp3) is 0.308. The average Bonchev–Trinajstić information content (AvgIpc) is 2.99. The van der Waals surface area contributed by atoms with Crippen molar-refractivity contribution in [3.05, 3.63) is 34.7 Å². The minimum atomic E-state index is 0.613. The van der Waals surface area contributed by atoms with E-state index < -0.39 is 0 Å². The number of nitrogens with one attached hydrogen (secondary N) is 1. The van der Waals surface area contributed by atoms with Crippen LogP contribution < -0.4 is 4.74 Å². The van der Waals surface area contributed by atoms with Gasteiger partial charge in [0.1, 0.15) is 11.3 Å². The van der Waals surface area contributed by atoms with Gasteiger partial charge in [0, 0.05) is 13.0 Å². The third-order valence-corrected chi connectivity index (χ3v) is 3.43. The summed E-state index contributed by atoms with van der Waals surface area (Å²) in [7, 11) is 1.64. The Hall–Kier alpha value is -2.15. The first-order valence-corrected chi connectivity index (χ1v) is 6.64. The number of benzene rings is 1. The lowest BCUT2D eigenvalue weighted by atomic mass is 10.3. The van der Waals surface area contributed by atoms with Gasteiger partial charge in [-0.25, -0.2) is 0 Å². The van der Waals surface area contributed by atoms with Crippen LogP contribution in [0.4, 0.5) is 0 Å². The van der Waals surface area contributed by atoms with E-state index in [4.69, 9.17) is 21.5 Å². The fourth-order valence-electron chi connectivity index (χ4n) is 2.20. The second kappa shape index (κ2) is 5.09. The molecule has 2 heterocycles. The normalized spacial score (nSPS) is 11.1. The van der Waals surface area contributed by atoms with Crippen molar-refractivity contribution >= 4 is 23.3 Å². The van der Waals surface area contributed by atoms with Gasteiger partial charge in [0.05, 0.1) is 12.6 Å². The van der Waals surface area contributed by atoms with Gasteiger partial charge in [-0.05, 0) is 31.3 Å². The Kier molecular flexibility index (Phi) is 3.27. The monoisotopic (exact) mass is 290 g/mol. The van der Waals surface area contributed by atoms with Crippen LogP contribution in [-0.4, -0.2) is 26.8 Å². The summed E-state index contributed by atoms with van der Waals surface area (Å²) in [6.07, 6.45) is 0.638. The van der Waals surface area contributed by atoms with Crippen molar-refractivity contribution in [3.8, 4) is 5.75 Å². The first kappa shape index (κ1) is 12.9. The van der Waals surface area contributed by atoms with Gasteiger partial charge in [0.15, 0.2) is 10.6 Å². The third kappa shape index (κ3) is 2.20. The van der Waals surface area contributed by atoms with Crippen LogP contribution in [0.3, 0.4) is 0 Å². The van der Waals surface area contributed by atoms with Crippen LogP contribution in [0, 0.1) is 11.7 Å². The van der Waals surface area contributed by atoms with E-state index in [9.17, 15) is 0 Å². The zero-order chi connectivity index (χ0) is 14.1. The highest BCUT2D eigenvalue weighted by Gasteiger charge is 2.10. The molecule has 1 aromatic carbocycles. The molecule has 1 N–H and O–H groups in total. The molecule has 0 atom stereocenters. The molecule has 0 saturated carbocycles. The molecule has 7 heteroatoms. The summed E-state index contributed by atoms with van der Waals surface area (Å²) in [5, 5.41) is 3.78. The Balaban J connectivity index is 1.95. The maximum Gasteiger partial charge on any atom is 0.228 e. The number of hydrogen-bond acceptors (Lipinski definition) is 5. The molecular formula is C13H14N4O2S. The number of H-pyrrole nitrogens is 1.